The number of amides is 2. The molecule has 2 aromatic rings. The molecule has 1 aromatic heterocycles. The third-order valence-electron chi connectivity index (χ3n) is 4.33. The maximum Gasteiger partial charge on any atom is 0.319 e. The quantitative estimate of drug-likeness (QED) is 0.788. The number of aliphatic hydroxyl groups is 1. The molecule has 1 aromatic carbocycles. The Hall–Kier alpha value is -2.47. The van der Waals surface area contributed by atoms with E-state index in [-0.39, 0.29) is 12.1 Å². The zero-order chi connectivity index (χ0) is 17.1. The number of hydrogen-bond acceptors (Lipinski definition) is 4. The van der Waals surface area contributed by atoms with Crippen molar-refractivity contribution in [3.8, 4) is 0 Å². The van der Waals surface area contributed by atoms with Crippen LogP contribution in [0.5, 0.6) is 0 Å². The predicted molar refractivity (Wildman–Crippen MR) is 93.3 cm³/mol. The van der Waals surface area contributed by atoms with Gasteiger partial charge in [-0.15, -0.1) is 0 Å². The van der Waals surface area contributed by atoms with E-state index in [9.17, 15) is 9.90 Å². The van der Waals surface area contributed by atoms with Gasteiger partial charge in [0.05, 0.1) is 6.26 Å². The third kappa shape index (κ3) is 3.54. The fraction of sp³-hybridized carbons (Fsp3) is 0.389. The Balaban J connectivity index is 1.56. The van der Waals surface area contributed by atoms with Crippen molar-refractivity contribution in [1.82, 2.24) is 5.32 Å². The number of furan rings is 1. The van der Waals surface area contributed by atoms with E-state index in [2.05, 4.69) is 21.6 Å². The van der Waals surface area contributed by atoms with Crippen LogP contribution < -0.4 is 15.5 Å². The molecule has 6 nitrogen and oxygen atoms in total. The summed E-state index contributed by atoms with van der Waals surface area (Å²) in [7, 11) is 2.05. The van der Waals surface area contributed by atoms with E-state index in [0.717, 1.165) is 24.3 Å². The van der Waals surface area contributed by atoms with E-state index in [1.54, 1.807) is 12.1 Å². The summed E-state index contributed by atoms with van der Waals surface area (Å²) in [6.45, 7) is 2.82. The molecule has 0 spiro atoms. The van der Waals surface area contributed by atoms with Gasteiger partial charge >= 0.3 is 6.03 Å². The Bertz CT molecular complexity index is 700. The number of nitrogens with one attached hydrogen (secondary N) is 2. The molecule has 2 atom stereocenters. The minimum atomic E-state index is -0.732. The van der Waals surface area contributed by atoms with E-state index >= 15 is 0 Å². The molecule has 1 aliphatic rings. The summed E-state index contributed by atoms with van der Waals surface area (Å²) in [5.74, 6) is 0.507. The minimum Gasteiger partial charge on any atom is -0.467 e. The van der Waals surface area contributed by atoms with Crippen molar-refractivity contribution in [3.63, 3.8) is 0 Å². The number of urea groups is 1. The van der Waals surface area contributed by atoms with Crippen LogP contribution in [-0.4, -0.2) is 30.8 Å². The first-order chi connectivity index (χ1) is 11.5. The van der Waals surface area contributed by atoms with Crippen LogP contribution in [0.15, 0.2) is 41.0 Å². The molecular formula is C18H23N3O3. The van der Waals surface area contributed by atoms with Gasteiger partial charge in [0.15, 0.2) is 0 Å². The molecule has 0 saturated heterocycles. The largest absolute Gasteiger partial charge is 0.467 e. The molecule has 0 bridgehead atoms. The van der Waals surface area contributed by atoms with Crippen molar-refractivity contribution in [2.75, 3.05) is 23.8 Å². The van der Waals surface area contributed by atoms with Crippen LogP contribution in [0.25, 0.3) is 0 Å². The molecule has 1 aliphatic heterocycles. The summed E-state index contributed by atoms with van der Waals surface area (Å²) in [6, 6.07) is 8.92. The van der Waals surface area contributed by atoms with E-state index in [1.807, 2.05) is 26.1 Å². The summed E-state index contributed by atoms with van der Waals surface area (Å²) >= 11 is 0. The Kier molecular flexibility index (Phi) is 4.76. The fourth-order valence-electron chi connectivity index (χ4n) is 3.09. The topological polar surface area (TPSA) is 77.7 Å². The van der Waals surface area contributed by atoms with Gasteiger partial charge < -0.3 is 25.1 Å². The number of fused-ring (bicyclic) bond motifs is 1. The summed E-state index contributed by atoms with van der Waals surface area (Å²) < 4.78 is 5.17. The van der Waals surface area contributed by atoms with Gasteiger partial charge in [0.25, 0.3) is 0 Å². The number of anilines is 2. The van der Waals surface area contributed by atoms with Crippen molar-refractivity contribution >= 4 is 17.4 Å². The molecule has 0 aliphatic carbocycles. The van der Waals surface area contributed by atoms with E-state index in [4.69, 9.17) is 4.42 Å². The second kappa shape index (κ2) is 6.97. The summed E-state index contributed by atoms with van der Waals surface area (Å²) in [6.07, 6.45) is 2.10. The normalized spacial score (nSPS) is 15.7. The molecule has 128 valence electrons. The second-order valence-electron chi connectivity index (χ2n) is 6.24. The first kappa shape index (κ1) is 16.4. The van der Waals surface area contributed by atoms with Crippen molar-refractivity contribution < 1.29 is 14.3 Å². The molecule has 2 unspecified atom stereocenters. The second-order valence-corrected chi connectivity index (χ2v) is 6.24. The van der Waals surface area contributed by atoms with Crippen LogP contribution in [0.4, 0.5) is 16.2 Å². The van der Waals surface area contributed by atoms with Crippen LogP contribution in [0.2, 0.25) is 0 Å². The number of benzene rings is 1. The monoisotopic (exact) mass is 329 g/mol. The van der Waals surface area contributed by atoms with Gasteiger partial charge in [0.2, 0.25) is 0 Å². The Labute approximate surface area is 141 Å². The maximum absolute atomic E-state index is 12.2. The number of carbonyl (C=O) groups is 1. The van der Waals surface area contributed by atoms with Crippen molar-refractivity contribution in [1.29, 1.82) is 0 Å². The first-order valence-electron chi connectivity index (χ1n) is 8.16. The summed E-state index contributed by atoms with van der Waals surface area (Å²) in [5.41, 5.74) is 3.17. The smallest absolute Gasteiger partial charge is 0.319 e. The minimum absolute atomic E-state index is 0.190. The van der Waals surface area contributed by atoms with E-state index < -0.39 is 6.10 Å². The number of nitrogens with zero attached hydrogens (tertiary/aromatic N) is 1. The lowest BCUT2D eigenvalue weighted by atomic mass is 10.1. The average Bonchev–Trinajstić information content (AvgIpc) is 3.18. The van der Waals surface area contributed by atoms with Gasteiger partial charge in [-0.3, -0.25) is 0 Å². The van der Waals surface area contributed by atoms with Gasteiger partial charge in [-0.2, -0.15) is 0 Å². The van der Waals surface area contributed by atoms with Gasteiger partial charge in [0, 0.05) is 43.0 Å². The molecule has 3 rings (SSSR count). The number of rotatable bonds is 5. The zero-order valence-electron chi connectivity index (χ0n) is 14.0. The molecule has 6 heteroatoms. The molecule has 2 heterocycles. The van der Waals surface area contributed by atoms with Crippen LogP contribution in [0.1, 0.15) is 30.8 Å². The highest BCUT2D eigenvalue weighted by molar-refractivity contribution is 5.91. The lowest BCUT2D eigenvalue weighted by molar-refractivity contribution is 0.130. The SMILES string of the molecule is CC(CC(O)c1ccco1)NC(=O)Nc1cccc2c1CCN2C. The Morgan fingerprint density at radius 1 is 1.38 bits per heavy atom. The van der Waals surface area contributed by atoms with Crippen LogP contribution in [-0.2, 0) is 6.42 Å². The number of carbonyl (C=O) groups excluding carboxylic acids is 1. The molecule has 0 radical (unpaired) electrons. The van der Waals surface area contributed by atoms with Gasteiger partial charge in [-0.25, -0.2) is 4.79 Å². The maximum atomic E-state index is 12.2. The van der Waals surface area contributed by atoms with Gasteiger partial charge in [-0.05, 0) is 37.6 Å². The fourth-order valence-corrected chi connectivity index (χ4v) is 3.09. The Morgan fingerprint density at radius 3 is 2.96 bits per heavy atom. The van der Waals surface area contributed by atoms with Crippen LogP contribution >= 0.6 is 0 Å². The highest BCUT2D eigenvalue weighted by atomic mass is 16.4. The highest BCUT2D eigenvalue weighted by Crippen LogP contribution is 2.32. The molecule has 0 fully saturated rings. The molecule has 3 N–H and O–H groups in total. The van der Waals surface area contributed by atoms with E-state index in [1.165, 1.54) is 11.8 Å². The Morgan fingerprint density at radius 2 is 2.21 bits per heavy atom. The van der Waals surface area contributed by atoms with Crippen LogP contribution in [0, 0.1) is 0 Å². The molecule has 0 saturated carbocycles. The summed E-state index contributed by atoms with van der Waals surface area (Å²) in [4.78, 5) is 14.4. The average molecular weight is 329 g/mol. The van der Waals surface area contributed by atoms with Gasteiger partial charge in [-0.1, -0.05) is 6.07 Å². The highest BCUT2D eigenvalue weighted by Gasteiger charge is 2.20. The molecular weight excluding hydrogens is 306 g/mol. The van der Waals surface area contributed by atoms with Crippen molar-refractivity contribution in [3.05, 3.63) is 47.9 Å². The van der Waals surface area contributed by atoms with Crippen molar-refractivity contribution in [2.45, 2.75) is 31.9 Å². The number of aliphatic hydroxyl groups excluding tert-OH is 1. The number of hydrogen-bond donors (Lipinski definition) is 3. The predicted octanol–water partition coefficient (Wildman–Crippen LogP) is 2.91. The number of likely N-dealkylation sites (N-methyl/N-ethyl adjacent to an activating group) is 1. The first-order valence-corrected chi connectivity index (χ1v) is 8.16. The lowest BCUT2D eigenvalue weighted by Crippen LogP contribution is -2.37. The van der Waals surface area contributed by atoms with Crippen LogP contribution in [0.3, 0.4) is 0 Å². The van der Waals surface area contributed by atoms with Crippen molar-refractivity contribution in [2.24, 2.45) is 0 Å². The zero-order valence-corrected chi connectivity index (χ0v) is 14.0. The molecule has 2 amide bonds. The molecule has 24 heavy (non-hydrogen) atoms. The summed E-state index contributed by atoms with van der Waals surface area (Å²) in [5, 5.41) is 15.8. The lowest BCUT2D eigenvalue weighted by Gasteiger charge is -2.18. The van der Waals surface area contributed by atoms with E-state index in [0.29, 0.717) is 12.2 Å². The standard InChI is InChI=1S/C18H23N3O3/c1-12(11-16(22)17-7-4-10-24-17)19-18(23)20-14-5-3-6-15-13(14)8-9-21(15)2/h3-7,10,12,16,22H,8-9,11H2,1-2H3,(H2,19,20,23). The van der Waals surface area contributed by atoms with Gasteiger partial charge in [0.1, 0.15) is 11.9 Å². The third-order valence-corrected chi connectivity index (χ3v) is 4.33.